The Kier molecular flexibility index (Phi) is 6.75. The van der Waals surface area contributed by atoms with Crippen LogP contribution in [0, 0.1) is 0 Å². The number of aliphatic hydroxyl groups excluding tert-OH is 2. The van der Waals surface area contributed by atoms with E-state index in [0.717, 1.165) is 0 Å². The molecule has 1 amide bonds. The maximum absolute atomic E-state index is 12.7. The van der Waals surface area contributed by atoms with E-state index in [-0.39, 0.29) is 18.9 Å². The Hall–Kier alpha value is -1.77. The van der Waals surface area contributed by atoms with Crippen LogP contribution in [0.1, 0.15) is 19.2 Å². The van der Waals surface area contributed by atoms with Crippen molar-refractivity contribution in [1.29, 1.82) is 0 Å². The van der Waals surface area contributed by atoms with Crippen LogP contribution in [0.2, 0.25) is 0 Å². The highest BCUT2D eigenvalue weighted by atomic mass is 16.8. The molecule has 0 spiro atoms. The van der Waals surface area contributed by atoms with Gasteiger partial charge in [0.15, 0.2) is 0 Å². The van der Waals surface area contributed by atoms with E-state index < -0.39 is 60.5 Å². The molecule has 1 saturated carbocycles. The highest BCUT2D eigenvalue weighted by Gasteiger charge is 2.63. The Morgan fingerprint density at radius 1 is 1.12 bits per heavy atom. The normalized spacial score (nSPS) is 43.8. The van der Waals surface area contributed by atoms with Gasteiger partial charge in [-0.15, -0.1) is 0 Å². The largest absolute Gasteiger partial charge is 0.390 e. The molecule has 6 unspecified atom stereocenters. The van der Waals surface area contributed by atoms with Crippen molar-refractivity contribution < 1.29 is 34.3 Å². The quantitative estimate of drug-likeness (QED) is 0.269. The lowest BCUT2D eigenvalue weighted by atomic mass is 9.79. The van der Waals surface area contributed by atoms with E-state index in [2.05, 4.69) is 25.9 Å². The first-order valence-corrected chi connectivity index (χ1v) is 10.8. The summed E-state index contributed by atoms with van der Waals surface area (Å²) in [4.78, 5) is 20.7. The Balaban J connectivity index is 1.56. The van der Waals surface area contributed by atoms with Crippen LogP contribution in [-0.2, 0) is 25.4 Å². The Morgan fingerprint density at radius 3 is 2.47 bits per heavy atom. The van der Waals surface area contributed by atoms with Crippen molar-refractivity contribution >= 4 is 5.91 Å². The summed E-state index contributed by atoms with van der Waals surface area (Å²) in [5, 5.41) is 41.7. The van der Waals surface area contributed by atoms with Crippen LogP contribution >= 0.6 is 0 Å². The summed E-state index contributed by atoms with van der Waals surface area (Å²) < 4.78 is 17.9. The SMILES string of the molecule is CNC1C2OC3(O)C(NC(=O)Cc4ncccn4)C[C@@H](C)OC3OC2[C@@H](O)[C@H](NC)[C@@H]1O. The van der Waals surface area contributed by atoms with Crippen LogP contribution < -0.4 is 16.0 Å². The number of hydrogen-bond acceptors (Lipinski definition) is 11. The predicted octanol–water partition coefficient (Wildman–Crippen LogP) is -2.98. The Morgan fingerprint density at radius 2 is 1.81 bits per heavy atom. The number of ether oxygens (including phenoxy) is 3. The molecule has 1 aliphatic carbocycles. The number of likely N-dealkylation sites (N-methyl/N-ethyl adjacent to an activating group) is 2. The van der Waals surface area contributed by atoms with Gasteiger partial charge in [0.25, 0.3) is 0 Å². The smallest absolute Gasteiger partial charge is 0.239 e. The number of nitrogens with zero attached hydrogens (tertiary/aromatic N) is 2. The number of fused-ring (bicyclic) bond motifs is 2. The first-order valence-electron chi connectivity index (χ1n) is 10.8. The van der Waals surface area contributed by atoms with Crippen LogP contribution in [0.25, 0.3) is 0 Å². The fourth-order valence-corrected chi connectivity index (χ4v) is 4.83. The number of carbonyl (C=O) groups is 1. The van der Waals surface area contributed by atoms with Crippen molar-refractivity contribution in [3.05, 3.63) is 24.3 Å². The van der Waals surface area contributed by atoms with Gasteiger partial charge in [0.05, 0.1) is 36.8 Å². The molecule has 12 nitrogen and oxygen atoms in total. The summed E-state index contributed by atoms with van der Waals surface area (Å²) in [6.07, 6.45) is -2.22. The zero-order valence-corrected chi connectivity index (χ0v) is 18.2. The van der Waals surface area contributed by atoms with Gasteiger partial charge in [-0.2, -0.15) is 0 Å². The van der Waals surface area contributed by atoms with E-state index in [9.17, 15) is 20.1 Å². The molecule has 12 heteroatoms. The number of aromatic nitrogens is 2. The van der Waals surface area contributed by atoms with E-state index in [1.54, 1.807) is 39.5 Å². The molecule has 3 fully saturated rings. The van der Waals surface area contributed by atoms with Crippen LogP contribution in [-0.4, -0.2) is 106 Å². The van der Waals surface area contributed by atoms with E-state index in [4.69, 9.17) is 14.2 Å². The molecule has 2 saturated heterocycles. The number of carbonyl (C=O) groups excluding carboxylic acids is 1. The molecule has 6 N–H and O–H groups in total. The number of nitrogens with one attached hydrogen (secondary N) is 3. The van der Waals surface area contributed by atoms with Gasteiger partial charge in [0, 0.05) is 12.4 Å². The number of aliphatic hydroxyl groups is 3. The summed E-state index contributed by atoms with van der Waals surface area (Å²) in [6, 6.07) is -0.533. The third-order valence-electron chi connectivity index (χ3n) is 6.42. The van der Waals surface area contributed by atoms with Crippen molar-refractivity contribution in [3.63, 3.8) is 0 Å². The van der Waals surface area contributed by atoms with Crippen molar-refractivity contribution in [2.75, 3.05) is 14.1 Å². The van der Waals surface area contributed by atoms with E-state index in [1.807, 2.05) is 0 Å². The molecule has 32 heavy (non-hydrogen) atoms. The second-order valence-corrected chi connectivity index (χ2v) is 8.52. The molecule has 3 aliphatic rings. The fourth-order valence-electron chi connectivity index (χ4n) is 4.83. The molecule has 10 atom stereocenters. The molecule has 1 aromatic heterocycles. The van der Waals surface area contributed by atoms with Gasteiger partial charge < -0.3 is 45.5 Å². The van der Waals surface area contributed by atoms with Crippen LogP contribution in [0.3, 0.4) is 0 Å². The van der Waals surface area contributed by atoms with Crippen molar-refractivity contribution in [3.8, 4) is 0 Å². The average Bonchev–Trinajstić information content (AvgIpc) is 2.75. The molecule has 0 radical (unpaired) electrons. The Bertz CT molecular complexity index is 804. The van der Waals surface area contributed by atoms with Gasteiger partial charge in [-0.1, -0.05) is 0 Å². The lowest BCUT2D eigenvalue weighted by Gasteiger charge is -2.58. The zero-order chi connectivity index (χ0) is 23.0. The summed E-state index contributed by atoms with van der Waals surface area (Å²) in [5.74, 6) is -2.07. The van der Waals surface area contributed by atoms with Gasteiger partial charge in [0.2, 0.25) is 18.0 Å². The molecular weight excluding hydrogens is 422 g/mol. The minimum Gasteiger partial charge on any atom is -0.390 e. The molecular formula is C20H31N5O7. The highest BCUT2D eigenvalue weighted by molar-refractivity contribution is 5.78. The average molecular weight is 453 g/mol. The van der Waals surface area contributed by atoms with Crippen LogP contribution in [0.15, 0.2) is 18.5 Å². The van der Waals surface area contributed by atoms with Gasteiger partial charge in [-0.3, -0.25) is 4.79 Å². The summed E-state index contributed by atoms with van der Waals surface area (Å²) in [5.41, 5.74) is 0. The van der Waals surface area contributed by atoms with Crippen LogP contribution in [0.5, 0.6) is 0 Å². The summed E-state index contributed by atoms with van der Waals surface area (Å²) in [6.45, 7) is 1.79. The van der Waals surface area contributed by atoms with Gasteiger partial charge >= 0.3 is 0 Å². The molecule has 178 valence electrons. The summed E-state index contributed by atoms with van der Waals surface area (Å²) in [7, 11) is 3.28. The molecule has 0 bridgehead atoms. The fraction of sp³-hybridized carbons (Fsp3) is 0.750. The number of rotatable bonds is 5. The Labute approximate surface area is 185 Å². The third-order valence-corrected chi connectivity index (χ3v) is 6.42. The van der Waals surface area contributed by atoms with E-state index in [0.29, 0.717) is 5.82 Å². The number of amides is 1. The highest BCUT2D eigenvalue weighted by Crippen LogP contribution is 2.41. The van der Waals surface area contributed by atoms with Crippen molar-refractivity contribution in [2.24, 2.45) is 0 Å². The predicted molar refractivity (Wildman–Crippen MR) is 109 cm³/mol. The summed E-state index contributed by atoms with van der Waals surface area (Å²) >= 11 is 0. The van der Waals surface area contributed by atoms with Gasteiger partial charge in [0.1, 0.15) is 24.1 Å². The van der Waals surface area contributed by atoms with E-state index in [1.165, 1.54) is 0 Å². The molecule has 0 aromatic carbocycles. The third kappa shape index (κ3) is 4.13. The molecule has 4 rings (SSSR count). The van der Waals surface area contributed by atoms with E-state index >= 15 is 0 Å². The second-order valence-electron chi connectivity index (χ2n) is 8.52. The minimum atomic E-state index is -2.03. The lowest BCUT2D eigenvalue weighted by molar-refractivity contribution is -0.449. The lowest BCUT2D eigenvalue weighted by Crippen LogP contribution is -2.79. The maximum atomic E-state index is 12.7. The van der Waals surface area contributed by atoms with Crippen LogP contribution in [0.4, 0.5) is 0 Å². The number of hydrogen-bond donors (Lipinski definition) is 6. The topological polar surface area (TPSA) is 167 Å². The molecule has 1 aromatic rings. The maximum Gasteiger partial charge on any atom is 0.239 e. The van der Waals surface area contributed by atoms with Gasteiger partial charge in [-0.25, -0.2) is 9.97 Å². The van der Waals surface area contributed by atoms with Gasteiger partial charge in [-0.05, 0) is 33.5 Å². The monoisotopic (exact) mass is 453 g/mol. The minimum absolute atomic E-state index is 0.0688. The zero-order valence-electron chi connectivity index (χ0n) is 18.2. The molecule has 3 heterocycles. The second kappa shape index (κ2) is 9.23. The molecule has 2 aliphatic heterocycles. The first kappa shape index (κ1) is 23.4. The standard InChI is InChI=1S/C20H31N5O7/c1-9-7-10(25-12(26)8-11-23-5-4-6-24-11)20(29)19(30-9)31-18-16(28)13(21-2)15(27)14(22-3)17(18)32-20/h4-6,9-10,13-19,21-22,27-29H,7-8H2,1-3H3,(H,25,26)/t9-,10?,13-,14?,15+,16+,17?,18?,19?,20?/m1/s1. The van der Waals surface area contributed by atoms with Crippen molar-refractivity contribution in [2.45, 2.75) is 80.5 Å². The first-order chi connectivity index (χ1) is 15.3. The van der Waals surface area contributed by atoms with Crippen molar-refractivity contribution in [1.82, 2.24) is 25.9 Å².